The fourth-order valence-electron chi connectivity index (χ4n) is 3.90. The van der Waals surface area contributed by atoms with Gasteiger partial charge in [-0.2, -0.15) is 0 Å². The van der Waals surface area contributed by atoms with Crippen molar-refractivity contribution >= 4 is 12.1 Å². The molecular weight excluding hydrogens is 420 g/mol. The standard InChI is InChI=1S/C23H29F2N3O4/c1-14(29)31-11-10-16-12-26-21-19(27-22(30)32-23(2,3)4)9-8-15(13-28(16)21)17-6-5-7-18(24)20(17)25/h5-7,12,15,19H,8-11,13H2,1-4H3,(H,27,30)/t15-,19-/m1/s1. The molecular formula is C23H29F2N3O4. The number of nitrogens with zero attached hydrogens (tertiary/aromatic N) is 2. The second-order valence-corrected chi connectivity index (χ2v) is 8.92. The number of ether oxygens (including phenoxy) is 2. The average molecular weight is 449 g/mol. The molecule has 1 amide bonds. The third-order valence-corrected chi connectivity index (χ3v) is 5.26. The van der Waals surface area contributed by atoms with Gasteiger partial charge in [0, 0.05) is 37.7 Å². The lowest BCUT2D eigenvalue weighted by atomic mass is 9.93. The fraction of sp³-hybridized carbons (Fsp3) is 0.522. The summed E-state index contributed by atoms with van der Waals surface area (Å²) in [6, 6.07) is 3.70. The number of halogens is 2. The van der Waals surface area contributed by atoms with Crippen molar-refractivity contribution in [2.75, 3.05) is 6.61 Å². The van der Waals surface area contributed by atoms with Crippen LogP contribution in [0, 0.1) is 11.6 Å². The van der Waals surface area contributed by atoms with Gasteiger partial charge in [0.05, 0.1) is 12.6 Å². The minimum absolute atomic E-state index is 0.170. The molecule has 0 saturated heterocycles. The number of fused-ring (bicyclic) bond motifs is 1. The van der Waals surface area contributed by atoms with Crippen LogP contribution in [-0.2, 0) is 27.2 Å². The van der Waals surface area contributed by atoms with Crippen LogP contribution in [0.4, 0.5) is 13.6 Å². The maximum atomic E-state index is 14.6. The molecule has 2 heterocycles. The molecule has 0 radical (unpaired) electrons. The molecule has 1 aliphatic rings. The molecule has 0 aliphatic carbocycles. The smallest absolute Gasteiger partial charge is 0.408 e. The van der Waals surface area contributed by atoms with E-state index in [1.165, 1.54) is 13.0 Å². The average Bonchev–Trinajstić information content (AvgIpc) is 2.98. The van der Waals surface area contributed by atoms with E-state index >= 15 is 0 Å². The number of rotatable bonds is 5. The van der Waals surface area contributed by atoms with Crippen LogP contribution in [0.15, 0.2) is 24.4 Å². The molecule has 2 aromatic rings. The molecule has 0 unspecified atom stereocenters. The van der Waals surface area contributed by atoms with Crippen molar-refractivity contribution in [2.45, 2.75) is 71.1 Å². The predicted octanol–water partition coefficient (Wildman–Crippen LogP) is 4.41. The van der Waals surface area contributed by atoms with Crippen LogP contribution in [0.5, 0.6) is 0 Å². The molecule has 1 aliphatic heterocycles. The lowest BCUT2D eigenvalue weighted by molar-refractivity contribution is -0.140. The molecule has 174 valence electrons. The Kier molecular flexibility index (Phi) is 7.16. The van der Waals surface area contributed by atoms with Gasteiger partial charge in [0.25, 0.3) is 0 Å². The van der Waals surface area contributed by atoms with Crippen LogP contribution in [0.1, 0.15) is 69.6 Å². The number of carbonyl (C=O) groups excluding carboxylic acids is 2. The Balaban J connectivity index is 1.90. The van der Waals surface area contributed by atoms with E-state index in [2.05, 4.69) is 10.3 Å². The number of benzene rings is 1. The van der Waals surface area contributed by atoms with Gasteiger partial charge in [-0.1, -0.05) is 12.1 Å². The van der Waals surface area contributed by atoms with Crippen LogP contribution in [0.3, 0.4) is 0 Å². The Hall–Kier alpha value is -2.97. The summed E-state index contributed by atoms with van der Waals surface area (Å²) in [6.07, 6.45) is 2.47. The third kappa shape index (κ3) is 5.83. The number of amides is 1. The number of esters is 1. The Morgan fingerprint density at radius 2 is 2.00 bits per heavy atom. The predicted molar refractivity (Wildman–Crippen MR) is 113 cm³/mol. The van der Waals surface area contributed by atoms with Gasteiger partial charge in [-0.05, 0) is 45.2 Å². The van der Waals surface area contributed by atoms with Crippen LogP contribution in [0.2, 0.25) is 0 Å². The highest BCUT2D eigenvalue weighted by Crippen LogP contribution is 2.35. The van der Waals surface area contributed by atoms with E-state index in [9.17, 15) is 18.4 Å². The van der Waals surface area contributed by atoms with Gasteiger partial charge < -0.3 is 19.4 Å². The second kappa shape index (κ2) is 9.67. The molecule has 9 heteroatoms. The number of nitrogens with one attached hydrogen (secondary N) is 1. The topological polar surface area (TPSA) is 82.5 Å². The monoisotopic (exact) mass is 449 g/mol. The van der Waals surface area contributed by atoms with Crippen molar-refractivity contribution in [1.82, 2.24) is 14.9 Å². The molecule has 0 fully saturated rings. The largest absolute Gasteiger partial charge is 0.465 e. The number of hydrogen-bond donors (Lipinski definition) is 1. The highest BCUT2D eigenvalue weighted by molar-refractivity contribution is 5.68. The number of aromatic nitrogens is 2. The van der Waals surface area contributed by atoms with E-state index < -0.39 is 29.4 Å². The second-order valence-electron chi connectivity index (χ2n) is 8.92. The normalized spacial score (nSPS) is 18.4. The zero-order chi connectivity index (χ0) is 23.5. The summed E-state index contributed by atoms with van der Waals surface area (Å²) in [6.45, 7) is 7.19. The van der Waals surface area contributed by atoms with E-state index in [4.69, 9.17) is 9.47 Å². The lowest BCUT2D eigenvalue weighted by Crippen LogP contribution is -2.35. The van der Waals surface area contributed by atoms with Gasteiger partial charge in [0.1, 0.15) is 11.4 Å². The zero-order valence-corrected chi connectivity index (χ0v) is 18.8. The number of hydrogen-bond acceptors (Lipinski definition) is 5. The summed E-state index contributed by atoms with van der Waals surface area (Å²) < 4.78 is 40.8. The Morgan fingerprint density at radius 1 is 1.25 bits per heavy atom. The van der Waals surface area contributed by atoms with Crippen molar-refractivity contribution in [1.29, 1.82) is 0 Å². The van der Waals surface area contributed by atoms with Crippen molar-refractivity contribution in [2.24, 2.45) is 0 Å². The summed E-state index contributed by atoms with van der Waals surface area (Å²) in [5.41, 5.74) is 0.404. The maximum Gasteiger partial charge on any atom is 0.408 e. The molecule has 3 rings (SSSR count). The first-order valence-electron chi connectivity index (χ1n) is 10.7. The number of imidazole rings is 1. The SMILES string of the molecule is CC(=O)OCCc1cnc2n1C[C@H](c1cccc(F)c1F)CC[C@H]2NC(=O)OC(C)(C)C. The first-order valence-corrected chi connectivity index (χ1v) is 10.7. The molecule has 1 aromatic carbocycles. The van der Waals surface area contributed by atoms with Crippen molar-refractivity contribution in [3.05, 3.63) is 53.1 Å². The van der Waals surface area contributed by atoms with E-state index in [1.807, 2.05) is 4.57 Å². The van der Waals surface area contributed by atoms with E-state index in [1.54, 1.807) is 33.0 Å². The molecule has 1 aromatic heterocycles. The summed E-state index contributed by atoms with van der Waals surface area (Å²) >= 11 is 0. The van der Waals surface area contributed by atoms with Gasteiger partial charge in [-0.25, -0.2) is 18.6 Å². The molecule has 7 nitrogen and oxygen atoms in total. The van der Waals surface area contributed by atoms with Gasteiger partial charge in [-0.15, -0.1) is 0 Å². The molecule has 2 atom stereocenters. The van der Waals surface area contributed by atoms with Crippen molar-refractivity contribution in [3.8, 4) is 0 Å². The van der Waals surface area contributed by atoms with E-state index in [-0.39, 0.29) is 24.1 Å². The van der Waals surface area contributed by atoms with Crippen LogP contribution in [-0.4, -0.2) is 33.8 Å². The zero-order valence-electron chi connectivity index (χ0n) is 18.8. The quantitative estimate of drug-likeness (QED) is 0.684. The minimum atomic E-state index is -0.892. The fourth-order valence-corrected chi connectivity index (χ4v) is 3.90. The van der Waals surface area contributed by atoms with Gasteiger partial charge >= 0.3 is 12.1 Å². The highest BCUT2D eigenvalue weighted by Gasteiger charge is 2.31. The van der Waals surface area contributed by atoms with Crippen molar-refractivity contribution < 1.29 is 27.8 Å². The van der Waals surface area contributed by atoms with Gasteiger partial charge in [-0.3, -0.25) is 4.79 Å². The van der Waals surface area contributed by atoms with Crippen LogP contribution in [0.25, 0.3) is 0 Å². The van der Waals surface area contributed by atoms with Crippen LogP contribution >= 0.6 is 0 Å². The Labute approximate surface area is 186 Å². The molecule has 32 heavy (non-hydrogen) atoms. The first-order chi connectivity index (χ1) is 15.0. The highest BCUT2D eigenvalue weighted by atomic mass is 19.2. The molecule has 0 bridgehead atoms. The summed E-state index contributed by atoms with van der Waals surface area (Å²) in [5.74, 6) is -1.86. The third-order valence-electron chi connectivity index (χ3n) is 5.26. The summed E-state index contributed by atoms with van der Waals surface area (Å²) in [4.78, 5) is 28.0. The van der Waals surface area contributed by atoms with Crippen LogP contribution < -0.4 is 5.32 Å². The molecule has 0 saturated carbocycles. The van der Waals surface area contributed by atoms with E-state index in [0.29, 0.717) is 31.6 Å². The lowest BCUT2D eigenvalue weighted by Gasteiger charge is -2.23. The Bertz CT molecular complexity index is 984. The van der Waals surface area contributed by atoms with Crippen molar-refractivity contribution in [3.63, 3.8) is 0 Å². The van der Waals surface area contributed by atoms with Gasteiger partial charge in [0.2, 0.25) is 0 Å². The Morgan fingerprint density at radius 3 is 2.69 bits per heavy atom. The first kappa shape index (κ1) is 23.7. The molecule has 0 spiro atoms. The number of carbonyl (C=O) groups is 2. The minimum Gasteiger partial charge on any atom is -0.465 e. The van der Waals surface area contributed by atoms with Gasteiger partial charge in [0.15, 0.2) is 11.6 Å². The maximum absolute atomic E-state index is 14.6. The number of alkyl carbamates (subject to hydrolysis) is 1. The summed E-state index contributed by atoms with van der Waals surface area (Å²) in [5, 5.41) is 2.86. The van der Waals surface area contributed by atoms with E-state index in [0.717, 1.165) is 11.8 Å². The molecule has 1 N–H and O–H groups in total. The summed E-state index contributed by atoms with van der Waals surface area (Å²) in [7, 11) is 0.